The van der Waals surface area contributed by atoms with E-state index in [1.165, 1.54) is 4.68 Å². The molecule has 0 amide bonds. The van der Waals surface area contributed by atoms with Crippen molar-refractivity contribution >= 4 is 0 Å². The Kier molecular flexibility index (Phi) is 6.10. The van der Waals surface area contributed by atoms with E-state index in [0.29, 0.717) is 6.54 Å². The number of nitrogens with zero attached hydrogens (tertiary/aromatic N) is 6. The Morgan fingerprint density at radius 1 is 0.964 bits per heavy atom. The van der Waals surface area contributed by atoms with Crippen LogP contribution in [-0.4, -0.2) is 62.1 Å². The van der Waals surface area contributed by atoms with Crippen molar-refractivity contribution in [3.05, 3.63) is 56.4 Å². The van der Waals surface area contributed by atoms with Gasteiger partial charge in [0, 0.05) is 63.9 Å². The Morgan fingerprint density at radius 2 is 1.64 bits per heavy atom. The largest absolute Gasteiger partial charge is 0.299 e. The zero-order valence-corrected chi connectivity index (χ0v) is 17.3. The molecular weight excluding hydrogens is 356 g/mol. The maximum atomic E-state index is 12.1. The monoisotopic (exact) mass is 386 g/mol. The molecule has 28 heavy (non-hydrogen) atoms. The number of aryl methyl sites for hydroxylation is 1. The molecule has 152 valence electrons. The quantitative estimate of drug-likeness (QED) is 0.743. The first-order valence-electron chi connectivity index (χ1n) is 9.78. The molecule has 0 spiro atoms. The van der Waals surface area contributed by atoms with Crippen LogP contribution in [0.15, 0.2) is 34.0 Å². The molecule has 8 heteroatoms. The molecular formula is C20H30N6O2. The maximum Gasteiger partial charge on any atom is 0.266 e. The fraction of sp³-hybridized carbons (Fsp3) is 0.600. The van der Waals surface area contributed by atoms with Gasteiger partial charge >= 0.3 is 0 Å². The summed E-state index contributed by atoms with van der Waals surface area (Å²) in [6.45, 7) is 12.2. The van der Waals surface area contributed by atoms with Crippen LogP contribution in [0.1, 0.15) is 32.0 Å². The van der Waals surface area contributed by atoms with Crippen LogP contribution in [0.2, 0.25) is 0 Å². The molecule has 0 unspecified atom stereocenters. The Hall–Kier alpha value is -2.32. The molecule has 0 radical (unpaired) electrons. The molecule has 1 saturated heterocycles. The van der Waals surface area contributed by atoms with Gasteiger partial charge in [-0.3, -0.25) is 19.4 Å². The minimum atomic E-state index is -0.0773. The van der Waals surface area contributed by atoms with Gasteiger partial charge in [0.15, 0.2) is 0 Å². The molecule has 1 aliphatic heterocycles. The first-order valence-corrected chi connectivity index (χ1v) is 9.78. The van der Waals surface area contributed by atoms with Gasteiger partial charge in [0.25, 0.3) is 11.1 Å². The predicted octanol–water partition coefficient (Wildman–Crippen LogP) is 0.452. The second-order valence-electron chi connectivity index (χ2n) is 8.47. The van der Waals surface area contributed by atoms with Gasteiger partial charge in [-0.25, -0.2) is 9.36 Å². The molecule has 1 fully saturated rings. The van der Waals surface area contributed by atoms with Crippen molar-refractivity contribution in [2.24, 2.45) is 7.05 Å². The molecule has 0 saturated carbocycles. The highest BCUT2D eigenvalue weighted by Crippen LogP contribution is 2.18. The third-order valence-electron chi connectivity index (χ3n) is 5.16. The fourth-order valence-electron chi connectivity index (χ4n) is 3.27. The zero-order chi connectivity index (χ0) is 20.3. The van der Waals surface area contributed by atoms with Gasteiger partial charge in [0.2, 0.25) is 0 Å². The molecule has 8 nitrogen and oxygen atoms in total. The van der Waals surface area contributed by atoms with Crippen molar-refractivity contribution in [2.45, 2.75) is 39.3 Å². The molecule has 0 N–H and O–H groups in total. The number of aromatic nitrogens is 4. The normalized spacial score (nSPS) is 16.4. The van der Waals surface area contributed by atoms with E-state index >= 15 is 0 Å². The molecule has 0 aromatic carbocycles. The Bertz CT molecular complexity index is 919. The topological polar surface area (TPSA) is 76.3 Å². The first kappa shape index (κ1) is 20.4. The lowest BCUT2D eigenvalue weighted by atomic mass is 9.92. The average Bonchev–Trinajstić information content (AvgIpc) is 2.64. The Morgan fingerprint density at radius 3 is 2.29 bits per heavy atom. The van der Waals surface area contributed by atoms with Gasteiger partial charge in [-0.15, -0.1) is 0 Å². The molecule has 3 heterocycles. The van der Waals surface area contributed by atoms with Gasteiger partial charge in [0.05, 0.1) is 18.4 Å². The summed E-state index contributed by atoms with van der Waals surface area (Å²) in [5.74, 6) is 0. The summed E-state index contributed by atoms with van der Waals surface area (Å²) in [7, 11) is 1.66. The van der Waals surface area contributed by atoms with Crippen LogP contribution in [0.3, 0.4) is 0 Å². The number of hydrogen-bond donors (Lipinski definition) is 0. The number of hydrogen-bond acceptors (Lipinski definition) is 6. The van der Waals surface area contributed by atoms with Crippen molar-refractivity contribution in [3.63, 3.8) is 0 Å². The van der Waals surface area contributed by atoms with E-state index < -0.39 is 0 Å². The van der Waals surface area contributed by atoms with Crippen LogP contribution in [0.4, 0.5) is 0 Å². The molecule has 2 aromatic heterocycles. The second-order valence-corrected chi connectivity index (χ2v) is 8.47. The van der Waals surface area contributed by atoms with E-state index in [-0.39, 0.29) is 16.5 Å². The van der Waals surface area contributed by atoms with Crippen LogP contribution < -0.4 is 11.1 Å². The van der Waals surface area contributed by atoms with Crippen LogP contribution in [0.25, 0.3) is 0 Å². The Labute approximate surface area is 165 Å². The molecule has 1 aliphatic rings. The zero-order valence-electron chi connectivity index (χ0n) is 17.3. The van der Waals surface area contributed by atoms with E-state index in [2.05, 4.69) is 40.8 Å². The van der Waals surface area contributed by atoms with Gasteiger partial charge in [-0.05, 0) is 11.6 Å². The van der Waals surface area contributed by atoms with E-state index in [0.717, 1.165) is 50.5 Å². The van der Waals surface area contributed by atoms with Crippen LogP contribution >= 0.6 is 0 Å². The molecule has 2 aromatic rings. The van der Waals surface area contributed by atoms with Gasteiger partial charge in [-0.2, -0.15) is 10.2 Å². The van der Waals surface area contributed by atoms with E-state index in [1.807, 2.05) is 6.07 Å². The van der Waals surface area contributed by atoms with E-state index in [9.17, 15) is 9.59 Å². The highest BCUT2D eigenvalue weighted by molar-refractivity contribution is 5.10. The number of piperazine rings is 1. The van der Waals surface area contributed by atoms with Gasteiger partial charge in [0.1, 0.15) is 0 Å². The molecule has 3 rings (SSSR count). The van der Waals surface area contributed by atoms with Crippen LogP contribution in [0, 0.1) is 0 Å². The maximum absolute atomic E-state index is 12.1. The van der Waals surface area contributed by atoms with Gasteiger partial charge < -0.3 is 0 Å². The summed E-state index contributed by atoms with van der Waals surface area (Å²) in [4.78, 5) is 28.5. The predicted molar refractivity (Wildman–Crippen MR) is 108 cm³/mol. The number of rotatable bonds is 5. The highest BCUT2D eigenvalue weighted by Gasteiger charge is 2.19. The fourth-order valence-corrected chi connectivity index (χ4v) is 3.27. The standard InChI is InChI=1S/C20H30N6O2/c1-20(2,3)17-5-6-18(27)26(22-17)12-11-24-7-9-25(10-8-24)15-16-13-19(28)23(4)21-14-16/h5-6,13-14H,7-12,15H2,1-4H3. The summed E-state index contributed by atoms with van der Waals surface area (Å²) >= 11 is 0. The summed E-state index contributed by atoms with van der Waals surface area (Å²) in [5, 5.41) is 8.63. The van der Waals surface area contributed by atoms with E-state index in [1.54, 1.807) is 30.1 Å². The molecule has 0 atom stereocenters. The minimum absolute atomic E-state index is 0.0511. The molecule has 0 aliphatic carbocycles. The van der Waals surface area contributed by atoms with Crippen molar-refractivity contribution in [1.82, 2.24) is 29.4 Å². The van der Waals surface area contributed by atoms with Crippen molar-refractivity contribution in [3.8, 4) is 0 Å². The minimum Gasteiger partial charge on any atom is -0.299 e. The van der Waals surface area contributed by atoms with E-state index in [4.69, 9.17) is 0 Å². The summed E-state index contributed by atoms with van der Waals surface area (Å²) in [6.07, 6.45) is 1.76. The van der Waals surface area contributed by atoms with Crippen molar-refractivity contribution in [2.75, 3.05) is 32.7 Å². The first-order chi connectivity index (χ1) is 13.2. The van der Waals surface area contributed by atoms with Crippen LogP contribution in [0.5, 0.6) is 0 Å². The van der Waals surface area contributed by atoms with Crippen LogP contribution in [-0.2, 0) is 25.6 Å². The smallest absolute Gasteiger partial charge is 0.266 e. The van der Waals surface area contributed by atoms with Crippen molar-refractivity contribution in [1.29, 1.82) is 0 Å². The van der Waals surface area contributed by atoms with Gasteiger partial charge in [-0.1, -0.05) is 20.8 Å². The summed E-state index contributed by atoms with van der Waals surface area (Å²) in [6, 6.07) is 5.09. The van der Waals surface area contributed by atoms with Crippen molar-refractivity contribution < 1.29 is 0 Å². The third kappa shape index (κ3) is 5.14. The summed E-state index contributed by atoms with van der Waals surface area (Å²) in [5.41, 5.74) is 1.68. The lowest BCUT2D eigenvalue weighted by Crippen LogP contribution is -2.47. The lowest BCUT2D eigenvalue weighted by molar-refractivity contribution is 0.122. The Balaban J connectivity index is 1.51. The highest BCUT2D eigenvalue weighted by atomic mass is 16.1. The second kappa shape index (κ2) is 8.36. The molecule has 0 bridgehead atoms. The third-order valence-corrected chi connectivity index (χ3v) is 5.16. The summed E-state index contributed by atoms with van der Waals surface area (Å²) < 4.78 is 2.92. The SMILES string of the molecule is Cn1ncc(CN2CCN(CCn3nc(C(C)(C)C)ccc3=O)CC2)cc1=O. The lowest BCUT2D eigenvalue weighted by Gasteiger charge is -2.34. The average molecular weight is 387 g/mol.